The topological polar surface area (TPSA) is 119 Å². The van der Waals surface area contributed by atoms with Crippen molar-refractivity contribution in [2.24, 2.45) is 5.10 Å². The van der Waals surface area contributed by atoms with E-state index in [1.807, 2.05) is 6.92 Å². The maximum absolute atomic E-state index is 12.3. The molecule has 1 fully saturated rings. The second kappa shape index (κ2) is 11.4. The average molecular weight is 471 g/mol. The number of hydrogen-bond acceptors (Lipinski definition) is 7. The largest absolute Gasteiger partial charge is 0.490 e. The number of ether oxygens (including phenoxy) is 3. The van der Waals surface area contributed by atoms with Crippen molar-refractivity contribution >= 4 is 39.9 Å². The van der Waals surface area contributed by atoms with E-state index in [0.717, 1.165) is 0 Å². The van der Waals surface area contributed by atoms with Gasteiger partial charge in [-0.1, -0.05) is 0 Å². The Kier molecular flexibility index (Phi) is 8.87. The molecule has 0 radical (unpaired) electrons. The number of morpholine rings is 1. The molecule has 0 unspecified atom stereocenters. The third-order valence-corrected chi connectivity index (χ3v) is 4.44. The van der Waals surface area contributed by atoms with Gasteiger partial charge in [0.1, 0.15) is 0 Å². The number of likely N-dealkylation sites (N-methyl/N-ethyl adjacent to an activating group) is 1. The second-order valence-corrected chi connectivity index (χ2v) is 6.68. The third kappa shape index (κ3) is 6.71. The lowest BCUT2D eigenvalue weighted by atomic mass is 10.2. The number of hydrazone groups is 1. The van der Waals surface area contributed by atoms with Crippen LogP contribution in [0.15, 0.2) is 21.7 Å². The Morgan fingerprint density at radius 2 is 1.97 bits per heavy atom. The number of carbonyl (C=O) groups excluding carboxylic acids is 3. The van der Waals surface area contributed by atoms with Gasteiger partial charge < -0.3 is 24.4 Å². The first kappa shape index (κ1) is 22.6. The minimum atomic E-state index is -0.880. The van der Waals surface area contributed by atoms with Gasteiger partial charge in [-0.05, 0) is 40.5 Å². The fraction of sp³-hybridized carbons (Fsp3) is 0.444. The summed E-state index contributed by atoms with van der Waals surface area (Å²) in [7, 11) is 1.35. The maximum Gasteiger partial charge on any atom is 0.329 e. The van der Waals surface area contributed by atoms with Crippen LogP contribution in [0.25, 0.3) is 0 Å². The van der Waals surface area contributed by atoms with Crippen molar-refractivity contribution in [1.29, 1.82) is 0 Å². The minimum absolute atomic E-state index is 0.131. The summed E-state index contributed by atoms with van der Waals surface area (Å²) < 4.78 is 17.1. The Balaban J connectivity index is 2.07. The number of rotatable bonds is 7. The van der Waals surface area contributed by atoms with Crippen LogP contribution >= 0.6 is 15.9 Å². The fourth-order valence-corrected chi connectivity index (χ4v) is 3.01. The summed E-state index contributed by atoms with van der Waals surface area (Å²) in [5.74, 6) is -1.01. The lowest BCUT2D eigenvalue weighted by Crippen LogP contribution is -2.43. The number of nitrogens with zero attached hydrogens (tertiary/aromatic N) is 2. The van der Waals surface area contributed by atoms with Gasteiger partial charge >= 0.3 is 11.8 Å². The van der Waals surface area contributed by atoms with Crippen LogP contribution in [-0.2, 0) is 19.1 Å². The molecule has 2 rings (SSSR count). The summed E-state index contributed by atoms with van der Waals surface area (Å²) in [5.41, 5.74) is 2.70. The monoisotopic (exact) mass is 470 g/mol. The normalized spacial score (nSPS) is 13.8. The van der Waals surface area contributed by atoms with E-state index < -0.39 is 11.8 Å². The number of nitrogens with one attached hydrogen (secondary N) is 2. The van der Waals surface area contributed by atoms with E-state index >= 15 is 0 Å². The summed E-state index contributed by atoms with van der Waals surface area (Å²) in [4.78, 5) is 36.5. The van der Waals surface area contributed by atoms with E-state index in [1.54, 1.807) is 17.0 Å². The summed E-state index contributed by atoms with van der Waals surface area (Å²) in [6.45, 7) is 4.19. The van der Waals surface area contributed by atoms with Gasteiger partial charge in [0.15, 0.2) is 18.1 Å². The van der Waals surface area contributed by atoms with Crippen LogP contribution in [0.1, 0.15) is 12.5 Å². The van der Waals surface area contributed by atoms with Crippen LogP contribution < -0.4 is 20.2 Å². The highest BCUT2D eigenvalue weighted by atomic mass is 79.9. The molecule has 11 heteroatoms. The minimum Gasteiger partial charge on any atom is -0.490 e. The number of carbonyl (C=O) groups is 3. The van der Waals surface area contributed by atoms with Crippen molar-refractivity contribution in [2.45, 2.75) is 6.92 Å². The molecule has 1 heterocycles. The molecule has 1 aromatic carbocycles. The first-order valence-electron chi connectivity index (χ1n) is 8.96. The van der Waals surface area contributed by atoms with Crippen LogP contribution in [0, 0.1) is 0 Å². The van der Waals surface area contributed by atoms with E-state index in [0.29, 0.717) is 54.4 Å². The molecule has 29 heavy (non-hydrogen) atoms. The standard InChI is InChI=1S/C18H23BrN4O6/c1-3-28-14-9-12(10-21-22-18(26)17(25)20-2)8-13(19)16(14)29-11-15(24)23-4-6-27-7-5-23/h8-10H,3-7,11H2,1-2H3,(H,20,25)(H,22,26)/b21-10-. The predicted molar refractivity (Wildman–Crippen MR) is 108 cm³/mol. The number of benzene rings is 1. The Labute approximate surface area is 176 Å². The molecule has 0 aromatic heterocycles. The average Bonchev–Trinajstić information content (AvgIpc) is 2.73. The second-order valence-electron chi connectivity index (χ2n) is 5.82. The molecule has 0 spiro atoms. The van der Waals surface area contributed by atoms with Crippen LogP contribution in [0.3, 0.4) is 0 Å². The van der Waals surface area contributed by atoms with Crippen molar-refractivity contribution in [1.82, 2.24) is 15.6 Å². The Hall–Kier alpha value is -2.66. The molecule has 3 amide bonds. The van der Waals surface area contributed by atoms with Crippen molar-refractivity contribution in [3.05, 3.63) is 22.2 Å². The van der Waals surface area contributed by atoms with Crippen LogP contribution in [0.4, 0.5) is 0 Å². The molecule has 0 atom stereocenters. The smallest absolute Gasteiger partial charge is 0.329 e. The molecule has 0 saturated carbocycles. The first-order valence-corrected chi connectivity index (χ1v) is 9.75. The molecule has 2 N–H and O–H groups in total. The predicted octanol–water partition coefficient (Wildman–Crippen LogP) is 0.282. The zero-order valence-electron chi connectivity index (χ0n) is 16.2. The highest BCUT2D eigenvalue weighted by Crippen LogP contribution is 2.36. The van der Waals surface area contributed by atoms with Gasteiger partial charge in [0, 0.05) is 20.1 Å². The molecule has 0 aliphatic carbocycles. The van der Waals surface area contributed by atoms with E-state index in [1.165, 1.54) is 13.3 Å². The molecular weight excluding hydrogens is 448 g/mol. The van der Waals surface area contributed by atoms with E-state index in [2.05, 4.69) is 31.8 Å². The zero-order valence-corrected chi connectivity index (χ0v) is 17.8. The Morgan fingerprint density at radius 1 is 1.24 bits per heavy atom. The van der Waals surface area contributed by atoms with Gasteiger partial charge in [-0.15, -0.1) is 0 Å². The summed E-state index contributed by atoms with van der Waals surface area (Å²) in [6.07, 6.45) is 1.36. The van der Waals surface area contributed by atoms with Crippen LogP contribution in [0.5, 0.6) is 11.5 Å². The summed E-state index contributed by atoms with van der Waals surface area (Å²) in [6, 6.07) is 3.34. The van der Waals surface area contributed by atoms with Gasteiger partial charge in [0.25, 0.3) is 5.91 Å². The number of amides is 3. The molecule has 10 nitrogen and oxygen atoms in total. The molecule has 1 aliphatic heterocycles. The molecule has 1 aromatic rings. The van der Waals surface area contributed by atoms with Crippen molar-refractivity contribution in [3.8, 4) is 11.5 Å². The van der Waals surface area contributed by atoms with Crippen molar-refractivity contribution < 1.29 is 28.6 Å². The van der Waals surface area contributed by atoms with Crippen LogP contribution in [-0.4, -0.2) is 75.4 Å². The first-order chi connectivity index (χ1) is 14.0. The molecule has 158 valence electrons. The highest BCUT2D eigenvalue weighted by molar-refractivity contribution is 9.10. The van der Waals surface area contributed by atoms with Crippen molar-refractivity contribution in [3.63, 3.8) is 0 Å². The zero-order chi connectivity index (χ0) is 21.2. The van der Waals surface area contributed by atoms with Gasteiger partial charge in [-0.25, -0.2) is 5.43 Å². The maximum atomic E-state index is 12.3. The number of halogens is 1. The molecule has 1 saturated heterocycles. The molecular formula is C18H23BrN4O6. The van der Waals surface area contributed by atoms with Crippen molar-refractivity contribution in [2.75, 3.05) is 46.6 Å². The van der Waals surface area contributed by atoms with Gasteiger partial charge in [0.2, 0.25) is 0 Å². The third-order valence-electron chi connectivity index (χ3n) is 3.85. The van der Waals surface area contributed by atoms with E-state index in [-0.39, 0.29) is 12.5 Å². The van der Waals surface area contributed by atoms with Gasteiger partial charge in [0.05, 0.1) is 30.5 Å². The van der Waals surface area contributed by atoms with Gasteiger partial charge in [-0.3, -0.25) is 14.4 Å². The molecule has 1 aliphatic rings. The molecule has 0 bridgehead atoms. The fourth-order valence-electron chi connectivity index (χ4n) is 2.43. The quantitative estimate of drug-likeness (QED) is 0.335. The van der Waals surface area contributed by atoms with E-state index in [4.69, 9.17) is 14.2 Å². The van der Waals surface area contributed by atoms with E-state index in [9.17, 15) is 14.4 Å². The van der Waals surface area contributed by atoms with Gasteiger partial charge in [-0.2, -0.15) is 5.10 Å². The lowest BCUT2D eigenvalue weighted by molar-refractivity contribution is -0.138. The lowest BCUT2D eigenvalue weighted by Gasteiger charge is -2.27. The summed E-state index contributed by atoms with van der Waals surface area (Å²) >= 11 is 3.41. The van der Waals surface area contributed by atoms with Crippen LogP contribution in [0.2, 0.25) is 0 Å². The Bertz CT molecular complexity index is 780. The highest BCUT2D eigenvalue weighted by Gasteiger charge is 2.19. The summed E-state index contributed by atoms with van der Waals surface area (Å²) in [5, 5.41) is 5.94. The number of hydrogen-bond donors (Lipinski definition) is 2. The Morgan fingerprint density at radius 3 is 2.62 bits per heavy atom. The SMILES string of the molecule is CCOc1cc(/C=N\NC(=O)C(=O)NC)cc(Br)c1OCC(=O)N1CCOCC1.